The molecule has 76 valence electrons. The minimum absolute atomic E-state index is 0.487. The van der Waals surface area contributed by atoms with E-state index in [-0.39, 0.29) is 0 Å². The van der Waals surface area contributed by atoms with E-state index in [0.717, 1.165) is 11.2 Å². The fourth-order valence-corrected chi connectivity index (χ4v) is 4.64. The third-order valence-corrected chi connectivity index (χ3v) is 5.34. The van der Waals surface area contributed by atoms with Crippen LogP contribution >= 0.6 is 11.8 Å². The molecule has 13 heavy (non-hydrogen) atoms. The van der Waals surface area contributed by atoms with E-state index in [4.69, 9.17) is 0 Å². The lowest BCUT2D eigenvalue weighted by atomic mass is 9.80. The molecule has 2 heterocycles. The van der Waals surface area contributed by atoms with Crippen LogP contribution in [0.25, 0.3) is 0 Å². The molecule has 1 nitrogen and oxygen atoms in total. The van der Waals surface area contributed by atoms with Gasteiger partial charge < -0.3 is 5.32 Å². The molecule has 2 unspecified atom stereocenters. The third kappa shape index (κ3) is 1.63. The lowest BCUT2D eigenvalue weighted by molar-refractivity contribution is 0.259. The van der Waals surface area contributed by atoms with Gasteiger partial charge in [-0.15, -0.1) is 0 Å². The Morgan fingerprint density at radius 3 is 2.69 bits per heavy atom. The van der Waals surface area contributed by atoms with E-state index in [1.165, 1.54) is 38.0 Å². The van der Waals surface area contributed by atoms with Gasteiger partial charge in [0.25, 0.3) is 0 Å². The van der Waals surface area contributed by atoms with Crippen LogP contribution in [0.1, 0.15) is 39.5 Å². The first-order chi connectivity index (χ1) is 6.26. The van der Waals surface area contributed by atoms with Gasteiger partial charge in [0.05, 0.1) is 0 Å². The van der Waals surface area contributed by atoms with Crippen molar-refractivity contribution in [2.75, 3.05) is 12.3 Å². The molecule has 2 rings (SSSR count). The van der Waals surface area contributed by atoms with Gasteiger partial charge in [0, 0.05) is 10.8 Å². The van der Waals surface area contributed by atoms with Crippen molar-refractivity contribution in [3.8, 4) is 0 Å². The van der Waals surface area contributed by atoms with Crippen molar-refractivity contribution in [2.24, 2.45) is 5.92 Å². The zero-order valence-electron chi connectivity index (χ0n) is 8.81. The molecule has 0 spiro atoms. The highest BCUT2D eigenvalue weighted by Crippen LogP contribution is 2.42. The number of hydrogen-bond acceptors (Lipinski definition) is 2. The van der Waals surface area contributed by atoms with Crippen LogP contribution in [0.3, 0.4) is 0 Å². The summed E-state index contributed by atoms with van der Waals surface area (Å²) in [5.41, 5.74) is 0.487. The maximum absolute atomic E-state index is 3.79. The largest absolute Gasteiger partial charge is 0.310 e. The van der Waals surface area contributed by atoms with Crippen molar-refractivity contribution in [1.82, 2.24) is 5.32 Å². The Kier molecular flexibility index (Phi) is 2.89. The second kappa shape index (κ2) is 3.82. The first kappa shape index (κ1) is 9.85. The average Bonchev–Trinajstić information content (AvgIpc) is 2.75. The van der Waals surface area contributed by atoms with Crippen LogP contribution in [0, 0.1) is 5.92 Å². The van der Waals surface area contributed by atoms with Gasteiger partial charge in [0.1, 0.15) is 0 Å². The van der Waals surface area contributed by atoms with E-state index < -0.39 is 0 Å². The standard InChI is InChI=1S/C11H21NS/c1-9(2)11(6-4-7-12-11)10-5-3-8-13-10/h9-10,12H,3-8H2,1-2H3. The van der Waals surface area contributed by atoms with Crippen LogP contribution < -0.4 is 5.32 Å². The predicted molar refractivity (Wildman–Crippen MR) is 60.3 cm³/mol. The smallest absolute Gasteiger partial charge is 0.0323 e. The van der Waals surface area contributed by atoms with Crippen molar-refractivity contribution in [1.29, 1.82) is 0 Å². The predicted octanol–water partition coefficient (Wildman–Crippen LogP) is 2.66. The maximum Gasteiger partial charge on any atom is 0.0323 e. The van der Waals surface area contributed by atoms with Crippen LogP contribution in [-0.2, 0) is 0 Å². The normalized spacial score (nSPS) is 40.4. The summed E-state index contributed by atoms with van der Waals surface area (Å²) >= 11 is 2.20. The first-order valence-corrected chi connectivity index (χ1v) is 6.67. The lowest BCUT2D eigenvalue weighted by Crippen LogP contribution is -2.52. The zero-order chi connectivity index (χ0) is 9.31. The van der Waals surface area contributed by atoms with Crippen LogP contribution in [0.2, 0.25) is 0 Å². The summed E-state index contributed by atoms with van der Waals surface area (Å²) in [5, 5.41) is 4.69. The SMILES string of the molecule is CC(C)C1(C2CCCS2)CCCN1. The number of hydrogen-bond donors (Lipinski definition) is 1. The van der Waals surface area contributed by atoms with Gasteiger partial charge in [-0.2, -0.15) is 11.8 Å². The molecule has 2 fully saturated rings. The summed E-state index contributed by atoms with van der Waals surface area (Å²) in [6.45, 7) is 6.02. The van der Waals surface area contributed by atoms with Gasteiger partial charge in [0.2, 0.25) is 0 Å². The molecule has 2 heteroatoms. The molecular weight excluding hydrogens is 178 g/mol. The molecule has 0 amide bonds. The minimum Gasteiger partial charge on any atom is -0.310 e. The monoisotopic (exact) mass is 199 g/mol. The molecule has 0 aromatic heterocycles. The maximum atomic E-state index is 3.79. The highest BCUT2D eigenvalue weighted by Gasteiger charge is 2.44. The second-order valence-electron chi connectivity index (χ2n) is 4.73. The van der Waals surface area contributed by atoms with Crippen LogP contribution in [0.15, 0.2) is 0 Å². The van der Waals surface area contributed by atoms with Gasteiger partial charge >= 0.3 is 0 Å². The molecule has 0 radical (unpaired) electrons. The Hall–Kier alpha value is 0.310. The van der Waals surface area contributed by atoms with Crippen molar-refractivity contribution in [2.45, 2.75) is 50.3 Å². The second-order valence-corrected chi connectivity index (χ2v) is 6.04. The number of rotatable bonds is 2. The third-order valence-electron chi connectivity index (χ3n) is 3.76. The molecule has 2 atom stereocenters. The van der Waals surface area contributed by atoms with Gasteiger partial charge in [-0.25, -0.2) is 0 Å². The molecule has 2 aliphatic heterocycles. The molecule has 0 bridgehead atoms. The van der Waals surface area contributed by atoms with Crippen molar-refractivity contribution < 1.29 is 0 Å². The number of thioether (sulfide) groups is 1. The minimum atomic E-state index is 0.487. The van der Waals surface area contributed by atoms with Crippen molar-refractivity contribution in [3.63, 3.8) is 0 Å². The molecule has 0 saturated carbocycles. The molecule has 2 saturated heterocycles. The van der Waals surface area contributed by atoms with E-state index in [0.29, 0.717) is 5.54 Å². The molecular formula is C11H21NS. The Labute approximate surface area is 86.0 Å². The topological polar surface area (TPSA) is 12.0 Å². The summed E-state index contributed by atoms with van der Waals surface area (Å²) in [7, 11) is 0. The van der Waals surface area contributed by atoms with Crippen LogP contribution in [0.5, 0.6) is 0 Å². The highest BCUT2D eigenvalue weighted by atomic mass is 32.2. The Morgan fingerprint density at radius 1 is 1.38 bits per heavy atom. The quantitative estimate of drug-likeness (QED) is 0.734. The van der Waals surface area contributed by atoms with Gasteiger partial charge in [0.15, 0.2) is 0 Å². The van der Waals surface area contributed by atoms with E-state index in [1.54, 1.807) is 0 Å². The summed E-state index contributed by atoms with van der Waals surface area (Å²) in [4.78, 5) is 0. The molecule has 0 aromatic rings. The van der Waals surface area contributed by atoms with Gasteiger partial charge in [-0.05, 0) is 43.9 Å². The molecule has 1 N–H and O–H groups in total. The Morgan fingerprint density at radius 2 is 2.23 bits per heavy atom. The number of nitrogens with one attached hydrogen (secondary N) is 1. The molecule has 0 aromatic carbocycles. The van der Waals surface area contributed by atoms with E-state index in [9.17, 15) is 0 Å². The molecule has 2 aliphatic rings. The van der Waals surface area contributed by atoms with E-state index >= 15 is 0 Å². The summed E-state index contributed by atoms with van der Waals surface area (Å²) in [6, 6.07) is 0. The molecule has 0 aliphatic carbocycles. The lowest BCUT2D eigenvalue weighted by Gasteiger charge is -2.39. The van der Waals surface area contributed by atoms with Crippen LogP contribution in [0.4, 0.5) is 0 Å². The fraction of sp³-hybridized carbons (Fsp3) is 1.00. The van der Waals surface area contributed by atoms with E-state index in [1.807, 2.05) is 0 Å². The zero-order valence-corrected chi connectivity index (χ0v) is 9.62. The fourth-order valence-electron chi connectivity index (χ4n) is 2.91. The first-order valence-electron chi connectivity index (χ1n) is 5.62. The van der Waals surface area contributed by atoms with Gasteiger partial charge in [-0.1, -0.05) is 13.8 Å². The summed E-state index contributed by atoms with van der Waals surface area (Å²) in [6.07, 6.45) is 5.67. The Bertz CT molecular complexity index is 167. The Balaban J connectivity index is 2.11. The van der Waals surface area contributed by atoms with Crippen LogP contribution in [-0.4, -0.2) is 23.1 Å². The summed E-state index contributed by atoms with van der Waals surface area (Å²) < 4.78 is 0. The highest BCUT2D eigenvalue weighted by molar-refractivity contribution is 8.00. The summed E-state index contributed by atoms with van der Waals surface area (Å²) in [5.74, 6) is 2.19. The van der Waals surface area contributed by atoms with Crippen molar-refractivity contribution >= 4 is 11.8 Å². The van der Waals surface area contributed by atoms with Gasteiger partial charge in [-0.3, -0.25) is 0 Å². The van der Waals surface area contributed by atoms with E-state index in [2.05, 4.69) is 30.9 Å². The van der Waals surface area contributed by atoms with Crippen molar-refractivity contribution in [3.05, 3.63) is 0 Å². The average molecular weight is 199 g/mol.